The number of rotatable bonds is 2. The van der Waals surface area contributed by atoms with Crippen LogP contribution in [0.1, 0.15) is 0 Å². The van der Waals surface area contributed by atoms with Crippen molar-refractivity contribution in [1.82, 2.24) is 4.98 Å². The van der Waals surface area contributed by atoms with Gasteiger partial charge in [0.25, 0.3) is 0 Å². The number of nitrogens with zero attached hydrogens (tertiary/aromatic N) is 1. The van der Waals surface area contributed by atoms with E-state index in [1.165, 1.54) is 0 Å². The third kappa shape index (κ3) is 1.74. The summed E-state index contributed by atoms with van der Waals surface area (Å²) < 4.78 is 0. The third-order valence-corrected chi connectivity index (χ3v) is 2.06. The number of aromatic nitrogens is 1. The molecule has 1 N–H and O–H groups in total. The van der Waals surface area contributed by atoms with Gasteiger partial charge >= 0.3 is 0 Å². The summed E-state index contributed by atoms with van der Waals surface area (Å²) in [7, 11) is 1.91. The van der Waals surface area contributed by atoms with E-state index < -0.39 is 0 Å². The molecule has 0 aliphatic rings. The average Bonchev–Trinajstić information content (AvgIpc) is 2.30. The summed E-state index contributed by atoms with van der Waals surface area (Å²) >= 11 is 0. The van der Waals surface area contributed by atoms with Crippen molar-refractivity contribution in [2.24, 2.45) is 0 Å². The van der Waals surface area contributed by atoms with Gasteiger partial charge in [-0.15, -0.1) is 0 Å². The van der Waals surface area contributed by atoms with E-state index in [0.29, 0.717) is 0 Å². The Kier molecular flexibility index (Phi) is 2.45. The minimum Gasteiger partial charge on any atom is -0.388 e. The molecule has 1 aromatic heterocycles. The molecule has 0 saturated carbocycles. The number of benzene rings is 1. The van der Waals surface area contributed by atoms with Crippen molar-refractivity contribution in [3.05, 3.63) is 48.7 Å². The first kappa shape index (κ1) is 8.75. The monoisotopic (exact) mass is 183 g/mol. The topological polar surface area (TPSA) is 24.9 Å². The van der Waals surface area contributed by atoms with Gasteiger partial charge in [0.05, 0.1) is 5.69 Å². The van der Waals surface area contributed by atoms with Crippen LogP contribution in [0.15, 0.2) is 42.6 Å². The largest absolute Gasteiger partial charge is 0.388 e. The average molecular weight is 183 g/mol. The minimum atomic E-state index is 0.973. The van der Waals surface area contributed by atoms with Crippen LogP contribution in [0, 0.1) is 6.07 Å². The Labute approximate surface area is 83.6 Å². The molecule has 0 atom stereocenters. The molecule has 0 aliphatic carbocycles. The lowest BCUT2D eigenvalue weighted by Gasteiger charge is -2.03. The molecule has 0 unspecified atom stereocenters. The summed E-state index contributed by atoms with van der Waals surface area (Å²) in [6.07, 6.45) is 1.68. The summed E-state index contributed by atoms with van der Waals surface area (Å²) in [6.45, 7) is 0. The SMILES string of the molecule is CNc1cccc(-c2cc[c]cn2)c1. The highest BCUT2D eigenvalue weighted by Crippen LogP contribution is 2.19. The molecule has 1 radical (unpaired) electrons. The van der Waals surface area contributed by atoms with E-state index >= 15 is 0 Å². The van der Waals surface area contributed by atoms with E-state index in [2.05, 4.69) is 22.4 Å². The van der Waals surface area contributed by atoms with E-state index in [0.717, 1.165) is 16.9 Å². The Morgan fingerprint density at radius 2 is 2.21 bits per heavy atom. The Bertz CT molecular complexity index is 410. The van der Waals surface area contributed by atoms with Gasteiger partial charge in [0.1, 0.15) is 0 Å². The summed E-state index contributed by atoms with van der Waals surface area (Å²) in [6, 6.07) is 14.9. The second-order valence-electron chi connectivity index (χ2n) is 2.97. The Morgan fingerprint density at radius 1 is 1.29 bits per heavy atom. The van der Waals surface area contributed by atoms with Gasteiger partial charge in [-0.25, -0.2) is 0 Å². The van der Waals surface area contributed by atoms with Crippen molar-refractivity contribution in [2.45, 2.75) is 0 Å². The van der Waals surface area contributed by atoms with Crippen molar-refractivity contribution in [2.75, 3.05) is 12.4 Å². The van der Waals surface area contributed by atoms with Crippen molar-refractivity contribution < 1.29 is 0 Å². The van der Waals surface area contributed by atoms with Crippen LogP contribution in [0.2, 0.25) is 0 Å². The Morgan fingerprint density at radius 3 is 2.93 bits per heavy atom. The molecule has 0 amide bonds. The number of hydrogen-bond donors (Lipinski definition) is 1. The molecule has 0 saturated heterocycles. The quantitative estimate of drug-likeness (QED) is 0.774. The third-order valence-electron chi connectivity index (χ3n) is 2.06. The summed E-state index contributed by atoms with van der Waals surface area (Å²) in [5, 5.41) is 3.10. The van der Waals surface area contributed by atoms with Crippen LogP contribution in [0.3, 0.4) is 0 Å². The van der Waals surface area contributed by atoms with E-state index in [1.807, 2.05) is 37.4 Å². The van der Waals surface area contributed by atoms with Crippen LogP contribution in [-0.4, -0.2) is 12.0 Å². The summed E-state index contributed by atoms with van der Waals surface area (Å²) in [5.74, 6) is 0. The first-order valence-corrected chi connectivity index (χ1v) is 4.50. The molecule has 1 aromatic carbocycles. The highest BCUT2D eigenvalue weighted by Gasteiger charge is 1.97. The normalized spacial score (nSPS) is 9.79. The number of hydrogen-bond acceptors (Lipinski definition) is 2. The molecule has 2 rings (SSSR count). The van der Waals surface area contributed by atoms with Crippen molar-refractivity contribution in [3.8, 4) is 11.3 Å². The van der Waals surface area contributed by atoms with Crippen molar-refractivity contribution >= 4 is 5.69 Å². The highest BCUT2D eigenvalue weighted by atomic mass is 14.8. The van der Waals surface area contributed by atoms with E-state index in [-0.39, 0.29) is 0 Å². The lowest BCUT2D eigenvalue weighted by atomic mass is 10.1. The molecule has 69 valence electrons. The van der Waals surface area contributed by atoms with Gasteiger partial charge in [-0.3, -0.25) is 4.98 Å². The Balaban J connectivity index is 2.42. The van der Waals surface area contributed by atoms with Crippen LogP contribution in [-0.2, 0) is 0 Å². The van der Waals surface area contributed by atoms with Crippen LogP contribution >= 0.6 is 0 Å². The fourth-order valence-corrected chi connectivity index (χ4v) is 1.32. The van der Waals surface area contributed by atoms with E-state index in [4.69, 9.17) is 0 Å². The second-order valence-corrected chi connectivity index (χ2v) is 2.97. The van der Waals surface area contributed by atoms with Gasteiger partial charge in [-0.1, -0.05) is 18.2 Å². The number of anilines is 1. The molecule has 0 spiro atoms. The zero-order chi connectivity index (χ0) is 9.80. The van der Waals surface area contributed by atoms with Crippen molar-refractivity contribution in [1.29, 1.82) is 0 Å². The molecular weight excluding hydrogens is 172 g/mol. The maximum absolute atomic E-state index is 4.24. The molecular formula is C12H11N2. The molecule has 0 fully saturated rings. The van der Waals surface area contributed by atoms with E-state index in [1.54, 1.807) is 6.20 Å². The maximum Gasteiger partial charge on any atom is 0.0703 e. The number of nitrogens with one attached hydrogen (secondary N) is 1. The van der Waals surface area contributed by atoms with Gasteiger partial charge < -0.3 is 5.32 Å². The first-order chi connectivity index (χ1) is 6.90. The predicted molar refractivity (Wildman–Crippen MR) is 58.1 cm³/mol. The molecule has 2 nitrogen and oxygen atoms in total. The van der Waals surface area contributed by atoms with Gasteiger partial charge in [-0.2, -0.15) is 0 Å². The van der Waals surface area contributed by atoms with Crippen LogP contribution in [0.5, 0.6) is 0 Å². The van der Waals surface area contributed by atoms with Gasteiger partial charge in [-0.05, 0) is 18.2 Å². The standard InChI is InChI=1S/C12H11N2/c1-13-11-6-4-5-10(9-11)12-7-2-3-8-14-12/h2,4-9,13H,1H3. The maximum atomic E-state index is 4.24. The minimum absolute atomic E-state index is 0.973. The molecule has 2 aromatic rings. The fourth-order valence-electron chi connectivity index (χ4n) is 1.32. The summed E-state index contributed by atoms with van der Waals surface area (Å²) in [5.41, 5.74) is 3.18. The van der Waals surface area contributed by atoms with Crippen LogP contribution in [0.4, 0.5) is 5.69 Å². The molecule has 0 aliphatic heterocycles. The highest BCUT2D eigenvalue weighted by molar-refractivity contribution is 5.64. The fraction of sp³-hybridized carbons (Fsp3) is 0.0833. The van der Waals surface area contributed by atoms with Crippen LogP contribution < -0.4 is 5.32 Å². The first-order valence-electron chi connectivity index (χ1n) is 4.50. The van der Waals surface area contributed by atoms with Gasteiger partial charge in [0.15, 0.2) is 0 Å². The van der Waals surface area contributed by atoms with E-state index in [9.17, 15) is 0 Å². The van der Waals surface area contributed by atoms with Gasteiger partial charge in [0.2, 0.25) is 0 Å². The molecule has 2 heteroatoms. The lowest BCUT2D eigenvalue weighted by Crippen LogP contribution is -1.88. The molecule has 1 heterocycles. The number of pyridine rings is 1. The zero-order valence-electron chi connectivity index (χ0n) is 7.99. The molecule has 0 bridgehead atoms. The lowest BCUT2D eigenvalue weighted by molar-refractivity contribution is 1.32. The van der Waals surface area contributed by atoms with Crippen molar-refractivity contribution in [3.63, 3.8) is 0 Å². The predicted octanol–water partition coefficient (Wildman–Crippen LogP) is 2.59. The molecule has 14 heavy (non-hydrogen) atoms. The summed E-state index contributed by atoms with van der Waals surface area (Å²) in [4.78, 5) is 4.24. The Hall–Kier alpha value is -1.83. The second kappa shape index (κ2) is 3.92. The van der Waals surface area contributed by atoms with Gasteiger partial charge in [0, 0.05) is 30.6 Å². The zero-order valence-corrected chi connectivity index (χ0v) is 7.99. The van der Waals surface area contributed by atoms with Crippen LogP contribution in [0.25, 0.3) is 11.3 Å². The smallest absolute Gasteiger partial charge is 0.0703 e.